The van der Waals surface area contributed by atoms with Crippen LogP contribution in [0.2, 0.25) is 0 Å². The summed E-state index contributed by atoms with van der Waals surface area (Å²) >= 11 is 0. The smallest absolute Gasteiger partial charge is 0.410 e. The van der Waals surface area contributed by atoms with Crippen molar-refractivity contribution in [2.24, 2.45) is 0 Å². The Morgan fingerprint density at radius 1 is 1.28 bits per heavy atom. The first-order chi connectivity index (χ1) is 13.6. The first kappa shape index (κ1) is 19.0. The third kappa shape index (κ3) is 3.46. The molecule has 0 unspecified atom stereocenters. The number of carbonyl (C=O) groups excluding carboxylic acids is 2. The van der Waals surface area contributed by atoms with Crippen LogP contribution in [0.4, 0.5) is 10.6 Å². The number of nitrogens with one attached hydrogen (secondary N) is 1. The Bertz CT molecular complexity index is 1120. The quantitative estimate of drug-likeness (QED) is 0.658. The predicted octanol–water partition coefficient (Wildman–Crippen LogP) is 3.24. The third-order valence-electron chi connectivity index (χ3n) is 4.95. The molecule has 3 N–H and O–H groups in total. The Balaban J connectivity index is 1.64. The Morgan fingerprint density at radius 3 is 2.76 bits per heavy atom. The standard InChI is InChI=1S/C21H25N5O3/c1-12-10-15-13(6-5-7-16(15)23-12)19(27)26-18(22)14-8-9-25(11-17(14)24-26)20(28)29-21(2,3)4/h5-7,10,23H,8-9,11,22H2,1-4H3. The molecule has 1 amide bonds. The van der Waals surface area contributed by atoms with Crippen molar-refractivity contribution in [2.45, 2.75) is 46.3 Å². The number of ether oxygens (including phenoxy) is 1. The molecule has 0 bridgehead atoms. The van der Waals surface area contributed by atoms with Gasteiger partial charge in [0, 0.05) is 28.7 Å². The van der Waals surface area contributed by atoms with Crippen LogP contribution in [-0.4, -0.2) is 43.8 Å². The second-order valence-electron chi connectivity index (χ2n) is 8.40. The second-order valence-corrected chi connectivity index (χ2v) is 8.40. The number of nitrogens with two attached hydrogens (primary N) is 1. The van der Waals surface area contributed by atoms with E-state index in [1.54, 1.807) is 11.0 Å². The average molecular weight is 395 g/mol. The molecule has 1 aliphatic heterocycles. The van der Waals surface area contributed by atoms with Crippen LogP contribution in [0.25, 0.3) is 10.9 Å². The highest BCUT2D eigenvalue weighted by atomic mass is 16.6. The van der Waals surface area contributed by atoms with Gasteiger partial charge in [-0.15, -0.1) is 0 Å². The van der Waals surface area contributed by atoms with Crippen LogP contribution < -0.4 is 5.73 Å². The number of aromatic amines is 1. The van der Waals surface area contributed by atoms with Gasteiger partial charge in [-0.05, 0) is 52.3 Å². The molecule has 152 valence electrons. The molecule has 29 heavy (non-hydrogen) atoms. The molecular weight excluding hydrogens is 370 g/mol. The molecule has 1 aliphatic rings. The van der Waals surface area contributed by atoms with Gasteiger partial charge < -0.3 is 20.4 Å². The van der Waals surface area contributed by atoms with E-state index in [1.807, 2.05) is 45.9 Å². The minimum atomic E-state index is -0.570. The van der Waals surface area contributed by atoms with Crippen molar-refractivity contribution in [1.29, 1.82) is 0 Å². The van der Waals surface area contributed by atoms with Crippen LogP contribution in [0.1, 0.15) is 48.1 Å². The number of nitrogens with zero attached hydrogens (tertiary/aromatic N) is 3. The fraction of sp³-hybridized carbons (Fsp3) is 0.381. The number of aryl methyl sites for hydroxylation is 1. The van der Waals surface area contributed by atoms with Crippen LogP contribution in [0, 0.1) is 6.92 Å². The molecule has 0 fully saturated rings. The molecule has 0 saturated heterocycles. The number of amides is 1. The summed E-state index contributed by atoms with van der Waals surface area (Å²) in [6, 6.07) is 7.46. The zero-order chi connectivity index (χ0) is 20.9. The molecule has 4 rings (SSSR count). The van der Waals surface area contributed by atoms with Crippen molar-refractivity contribution in [3.63, 3.8) is 0 Å². The number of hydrogen-bond donors (Lipinski definition) is 2. The van der Waals surface area contributed by atoms with Gasteiger partial charge in [-0.1, -0.05) is 6.07 Å². The van der Waals surface area contributed by atoms with Gasteiger partial charge in [0.1, 0.15) is 11.4 Å². The largest absolute Gasteiger partial charge is 0.444 e. The van der Waals surface area contributed by atoms with E-state index in [0.29, 0.717) is 30.0 Å². The van der Waals surface area contributed by atoms with E-state index in [0.717, 1.165) is 22.2 Å². The lowest BCUT2D eigenvalue weighted by Crippen LogP contribution is -2.39. The van der Waals surface area contributed by atoms with Crippen molar-refractivity contribution in [1.82, 2.24) is 19.7 Å². The van der Waals surface area contributed by atoms with Crippen molar-refractivity contribution >= 4 is 28.7 Å². The fourth-order valence-electron chi connectivity index (χ4n) is 3.65. The highest BCUT2D eigenvalue weighted by Gasteiger charge is 2.30. The summed E-state index contributed by atoms with van der Waals surface area (Å²) in [6.45, 7) is 8.17. The molecular formula is C21H25N5O3. The summed E-state index contributed by atoms with van der Waals surface area (Å²) in [7, 11) is 0. The van der Waals surface area contributed by atoms with E-state index in [-0.39, 0.29) is 12.5 Å². The summed E-state index contributed by atoms with van der Waals surface area (Å²) in [5.41, 5.74) is 9.54. The summed E-state index contributed by atoms with van der Waals surface area (Å²) in [5.74, 6) is 0.0448. The Labute approximate surface area is 168 Å². The molecule has 3 aromatic rings. The number of carbonyl (C=O) groups is 2. The van der Waals surface area contributed by atoms with Crippen molar-refractivity contribution in [3.05, 3.63) is 46.8 Å². The normalized spacial score (nSPS) is 14.1. The molecule has 8 nitrogen and oxygen atoms in total. The molecule has 2 aromatic heterocycles. The first-order valence-corrected chi connectivity index (χ1v) is 9.61. The van der Waals surface area contributed by atoms with E-state index in [1.165, 1.54) is 4.68 Å². The maximum absolute atomic E-state index is 13.2. The lowest BCUT2D eigenvalue weighted by Gasteiger charge is -2.29. The summed E-state index contributed by atoms with van der Waals surface area (Å²) < 4.78 is 6.70. The monoisotopic (exact) mass is 395 g/mol. The number of benzene rings is 1. The molecule has 0 aliphatic carbocycles. The van der Waals surface area contributed by atoms with E-state index < -0.39 is 11.7 Å². The SMILES string of the molecule is Cc1cc2c(C(=O)n3nc4c(c3N)CCN(C(=O)OC(C)(C)C)C4)cccc2[nH]1. The van der Waals surface area contributed by atoms with E-state index in [2.05, 4.69) is 10.1 Å². The Morgan fingerprint density at radius 2 is 2.03 bits per heavy atom. The molecule has 1 aromatic carbocycles. The van der Waals surface area contributed by atoms with Crippen LogP contribution >= 0.6 is 0 Å². The van der Waals surface area contributed by atoms with Crippen molar-refractivity contribution in [2.75, 3.05) is 12.3 Å². The molecule has 0 spiro atoms. The van der Waals surface area contributed by atoms with Gasteiger partial charge in [-0.25, -0.2) is 4.79 Å². The second kappa shape index (κ2) is 6.65. The van der Waals surface area contributed by atoms with Crippen LogP contribution in [-0.2, 0) is 17.7 Å². The topological polar surface area (TPSA) is 106 Å². The number of fused-ring (bicyclic) bond motifs is 2. The van der Waals surface area contributed by atoms with Crippen molar-refractivity contribution < 1.29 is 14.3 Å². The molecule has 0 atom stereocenters. The first-order valence-electron chi connectivity index (χ1n) is 9.61. The maximum Gasteiger partial charge on any atom is 0.410 e. The average Bonchev–Trinajstić information content (AvgIpc) is 3.18. The van der Waals surface area contributed by atoms with Gasteiger partial charge in [0.15, 0.2) is 0 Å². The number of nitrogen functional groups attached to an aromatic ring is 1. The number of aromatic nitrogens is 3. The van der Waals surface area contributed by atoms with Crippen LogP contribution in [0.3, 0.4) is 0 Å². The fourth-order valence-corrected chi connectivity index (χ4v) is 3.65. The van der Waals surface area contributed by atoms with Gasteiger partial charge in [0.25, 0.3) is 5.91 Å². The summed E-state index contributed by atoms with van der Waals surface area (Å²) in [4.78, 5) is 30.4. The lowest BCUT2D eigenvalue weighted by atomic mass is 10.1. The van der Waals surface area contributed by atoms with Crippen LogP contribution in [0.5, 0.6) is 0 Å². The highest BCUT2D eigenvalue weighted by molar-refractivity contribution is 6.08. The van der Waals surface area contributed by atoms with Gasteiger partial charge in [0.05, 0.1) is 17.8 Å². The number of H-pyrrole nitrogens is 1. The van der Waals surface area contributed by atoms with E-state index >= 15 is 0 Å². The van der Waals surface area contributed by atoms with Crippen LogP contribution in [0.15, 0.2) is 24.3 Å². The predicted molar refractivity (Wildman–Crippen MR) is 110 cm³/mol. The van der Waals surface area contributed by atoms with Gasteiger partial charge in [-0.2, -0.15) is 9.78 Å². The minimum Gasteiger partial charge on any atom is -0.444 e. The summed E-state index contributed by atoms with van der Waals surface area (Å²) in [6.07, 6.45) is 0.136. The lowest BCUT2D eigenvalue weighted by molar-refractivity contribution is 0.0221. The zero-order valence-electron chi connectivity index (χ0n) is 17.1. The van der Waals surface area contributed by atoms with Gasteiger partial charge in [-0.3, -0.25) is 4.79 Å². The molecule has 0 saturated carbocycles. The molecule has 8 heteroatoms. The number of hydrogen-bond acceptors (Lipinski definition) is 5. The third-order valence-corrected chi connectivity index (χ3v) is 4.95. The van der Waals surface area contributed by atoms with Crippen molar-refractivity contribution in [3.8, 4) is 0 Å². The van der Waals surface area contributed by atoms with Gasteiger partial charge >= 0.3 is 6.09 Å². The Kier molecular flexibility index (Phi) is 4.37. The van der Waals surface area contributed by atoms with E-state index in [4.69, 9.17) is 10.5 Å². The minimum absolute atomic E-state index is 0.266. The molecule has 0 radical (unpaired) electrons. The number of rotatable bonds is 1. The summed E-state index contributed by atoms with van der Waals surface area (Å²) in [5, 5.41) is 5.28. The van der Waals surface area contributed by atoms with E-state index in [9.17, 15) is 9.59 Å². The zero-order valence-corrected chi connectivity index (χ0v) is 17.1. The highest BCUT2D eigenvalue weighted by Crippen LogP contribution is 2.27. The maximum atomic E-state index is 13.2. The van der Waals surface area contributed by atoms with Gasteiger partial charge in [0.2, 0.25) is 0 Å². The number of anilines is 1. The molecule has 3 heterocycles. The Hall–Kier alpha value is -3.29.